The van der Waals surface area contributed by atoms with Gasteiger partial charge in [-0.15, -0.1) is 0 Å². The first kappa shape index (κ1) is 16.8. The van der Waals surface area contributed by atoms with Crippen molar-refractivity contribution >= 4 is 39.6 Å². The maximum absolute atomic E-state index is 12.1. The average Bonchev–Trinajstić information content (AvgIpc) is 2.42. The van der Waals surface area contributed by atoms with Crippen LogP contribution in [0.15, 0.2) is 22.7 Å². The lowest BCUT2D eigenvalue weighted by molar-refractivity contribution is -0.139. The highest BCUT2D eigenvalue weighted by molar-refractivity contribution is 9.10. The van der Waals surface area contributed by atoms with Crippen molar-refractivity contribution in [2.24, 2.45) is 0 Å². The molecule has 2 N–H and O–H groups in total. The summed E-state index contributed by atoms with van der Waals surface area (Å²) in [5.41, 5.74) is 0.311. The highest BCUT2D eigenvalue weighted by Gasteiger charge is 2.22. The Balaban J connectivity index is 2.86. The van der Waals surface area contributed by atoms with E-state index in [0.717, 1.165) is 4.47 Å². The largest absolute Gasteiger partial charge is 0.496 e. The predicted molar refractivity (Wildman–Crippen MR) is 82.6 cm³/mol. The van der Waals surface area contributed by atoms with E-state index in [2.05, 4.69) is 21.2 Å². The zero-order valence-electron chi connectivity index (χ0n) is 11.2. The van der Waals surface area contributed by atoms with Gasteiger partial charge < -0.3 is 15.2 Å². The summed E-state index contributed by atoms with van der Waals surface area (Å²) in [4.78, 5) is 23.3. The predicted octanol–water partition coefficient (Wildman–Crippen LogP) is 2.39. The van der Waals surface area contributed by atoms with Gasteiger partial charge in [0.2, 0.25) is 0 Å². The molecule has 0 unspecified atom stereocenters. The van der Waals surface area contributed by atoms with Gasteiger partial charge in [-0.2, -0.15) is 11.8 Å². The van der Waals surface area contributed by atoms with Gasteiger partial charge in [-0.25, -0.2) is 4.79 Å². The SMILES string of the molecule is COc1cc(Br)ccc1C(=O)N[C@@H](CCSC)C(=O)O. The first-order valence-electron chi connectivity index (χ1n) is 5.85. The molecule has 0 bridgehead atoms. The molecule has 1 amide bonds. The van der Waals surface area contributed by atoms with Crippen LogP contribution in [0.1, 0.15) is 16.8 Å². The Morgan fingerprint density at radius 1 is 1.50 bits per heavy atom. The van der Waals surface area contributed by atoms with Gasteiger partial charge in [0, 0.05) is 4.47 Å². The number of halogens is 1. The molecule has 0 radical (unpaired) electrons. The maximum atomic E-state index is 12.1. The van der Waals surface area contributed by atoms with E-state index in [1.54, 1.807) is 18.2 Å². The molecule has 0 heterocycles. The van der Waals surface area contributed by atoms with E-state index in [-0.39, 0.29) is 0 Å². The van der Waals surface area contributed by atoms with E-state index in [4.69, 9.17) is 9.84 Å². The number of carboxylic acids is 1. The topological polar surface area (TPSA) is 75.6 Å². The second kappa shape index (κ2) is 8.16. The molecule has 7 heteroatoms. The van der Waals surface area contributed by atoms with Crippen molar-refractivity contribution < 1.29 is 19.4 Å². The minimum Gasteiger partial charge on any atom is -0.496 e. The van der Waals surface area contributed by atoms with E-state index in [0.29, 0.717) is 23.5 Å². The van der Waals surface area contributed by atoms with Gasteiger partial charge in [-0.05, 0) is 36.6 Å². The number of carbonyl (C=O) groups is 2. The molecule has 5 nitrogen and oxygen atoms in total. The molecular weight excluding hydrogens is 346 g/mol. The van der Waals surface area contributed by atoms with Crippen molar-refractivity contribution in [2.45, 2.75) is 12.5 Å². The molecule has 1 atom stereocenters. The van der Waals surface area contributed by atoms with Gasteiger partial charge in [0.15, 0.2) is 0 Å². The van der Waals surface area contributed by atoms with Crippen LogP contribution in [-0.4, -0.2) is 42.1 Å². The van der Waals surface area contributed by atoms with Gasteiger partial charge >= 0.3 is 5.97 Å². The van der Waals surface area contributed by atoms with Crippen molar-refractivity contribution in [1.29, 1.82) is 0 Å². The van der Waals surface area contributed by atoms with Crippen molar-refractivity contribution in [3.8, 4) is 5.75 Å². The third kappa shape index (κ3) is 4.72. The van der Waals surface area contributed by atoms with Crippen LogP contribution in [0.2, 0.25) is 0 Å². The summed E-state index contributed by atoms with van der Waals surface area (Å²) in [6, 6.07) is 4.05. The van der Waals surface area contributed by atoms with E-state index in [9.17, 15) is 9.59 Å². The Morgan fingerprint density at radius 3 is 2.75 bits per heavy atom. The summed E-state index contributed by atoms with van der Waals surface area (Å²) in [6.45, 7) is 0. The third-order valence-corrected chi connectivity index (χ3v) is 3.76. The van der Waals surface area contributed by atoms with Crippen molar-refractivity contribution in [2.75, 3.05) is 19.1 Å². The number of thioether (sulfide) groups is 1. The van der Waals surface area contributed by atoms with Crippen molar-refractivity contribution in [1.82, 2.24) is 5.32 Å². The number of carboxylic acid groups (broad SMARTS) is 1. The molecule has 0 aromatic heterocycles. The Bertz CT molecular complexity index is 495. The summed E-state index contributed by atoms with van der Waals surface area (Å²) in [7, 11) is 1.46. The monoisotopic (exact) mass is 361 g/mol. The van der Waals surface area contributed by atoms with Crippen LogP contribution >= 0.6 is 27.7 Å². The lowest BCUT2D eigenvalue weighted by atomic mass is 10.1. The molecular formula is C13H16BrNO4S. The van der Waals surface area contributed by atoms with Crippen LogP contribution in [0.3, 0.4) is 0 Å². The molecule has 1 aromatic carbocycles. The van der Waals surface area contributed by atoms with Crippen LogP contribution in [0, 0.1) is 0 Å². The number of amides is 1. The minimum atomic E-state index is -1.04. The fourth-order valence-corrected chi connectivity index (χ4v) is 2.39. The molecule has 110 valence electrons. The summed E-state index contributed by atoms with van der Waals surface area (Å²) in [6.07, 6.45) is 2.26. The molecule has 0 aliphatic heterocycles. The number of hydrogen-bond acceptors (Lipinski definition) is 4. The number of carbonyl (C=O) groups excluding carboxylic acids is 1. The number of hydrogen-bond donors (Lipinski definition) is 2. The second-order valence-electron chi connectivity index (χ2n) is 3.99. The Labute approximate surface area is 130 Å². The Kier molecular flexibility index (Phi) is 6.87. The zero-order valence-corrected chi connectivity index (χ0v) is 13.6. The Hall–Kier alpha value is -1.21. The summed E-state index contributed by atoms with van der Waals surface area (Å²) < 4.78 is 5.91. The van der Waals surface area contributed by atoms with E-state index < -0.39 is 17.9 Å². The molecule has 0 saturated heterocycles. The second-order valence-corrected chi connectivity index (χ2v) is 5.89. The number of ether oxygens (including phenoxy) is 1. The fourth-order valence-electron chi connectivity index (χ4n) is 1.58. The van der Waals surface area contributed by atoms with Crippen LogP contribution in [0.25, 0.3) is 0 Å². The van der Waals surface area contributed by atoms with Gasteiger partial charge in [-0.3, -0.25) is 4.79 Å². The zero-order chi connectivity index (χ0) is 15.1. The molecule has 20 heavy (non-hydrogen) atoms. The Morgan fingerprint density at radius 2 is 2.20 bits per heavy atom. The van der Waals surface area contributed by atoms with Crippen LogP contribution in [-0.2, 0) is 4.79 Å². The molecule has 0 aliphatic carbocycles. The summed E-state index contributed by atoms with van der Waals surface area (Å²) in [5.74, 6) is -0.438. The highest BCUT2D eigenvalue weighted by atomic mass is 79.9. The van der Waals surface area contributed by atoms with Crippen molar-refractivity contribution in [3.05, 3.63) is 28.2 Å². The lowest BCUT2D eigenvalue weighted by Crippen LogP contribution is -2.41. The smallest absolute Gasteiger partial charge is 0.326 e. The molecule has 1 rings (SSSR count). The normalized spacial score (nSPS) is 11.8. The minimum absolute atomic E-state index is 0.311. The summed E-state index contributed by atoms with van der Waals surface area (Å²) in [5, 5.41) is 11.6. The van der Waals surface area contributed by atoms with Gasteiger partial charge in [0.25, 0.3) is 5.91 Å². The van der Waals surface area contributed by atoms with E-state index >= 15 is 0 Å². The molecule has 1 aromatic rings. The first-order chi connectivity index (χ1) is 9.49. The maximum Gasteiger partial charge on any atom is 0.326 e. The molecule has 0 fully saturated rings. The molecule has 0 aliphatic rings. The number of nitrogens with one attached hydrogen (secondary N) is 1. The average molecular weight is 362 g/mol. The van der Waals surface area contributed by atoms with Gasteiger partial charge in [0.05, 0.1) is 12.7 Å². The molecule has 0 saturated carbocycles. The van der Waals surface area contributed by atoms with Crippen LogP contribution in [0.4, 0.5) is 0 Å². The summed E-state index contributed by atoms with van der Waals surface area (Å²) >= 11 is 4.82. The number of rotatable bonds is 7. The standard InChI is InChI=1S/C13H16BrNO4S/c1-19-11-7-8(14)3-4-9(11)12(16)15-10(13(17)18)5-6-20-2/h3-4,7,10H,5-6H2,1-2H3,(H,15,16)(H,17,18)/t10-/m0/s1. The third-order valence-electron chi connectivity index (χ3n) is 2.62. The molecule has 0 spiro atoms. The van der Waals surface area contributed by atoms with E-state index in [1.165, 1.54) is 18.9 Å². The quantitative estimate of drug-likeness (QED) is 0.779. The van der Waals surface area contributed by atoms with Crippen molar-refractivity contribution in [3.63, 3.8) is 0 Å². The highest BCUT2D eigenvalue weighted by Crippen LogP contribution is 2.23. The fraction of sp³-hybridized carbons (Fsp3) is 0.385. The van der Waals surface area contributed by atoms with Gasteiger partial charge in [-0.1, -0.05) is 15.9 Å². The van der Waals surface area contributed by atoms with Crippen LogP contribution in [0.5, 0.6) is 5.75 Å². The lowest BCUT2D eigenvalue weighted by Gasteiger charge is -2.15. The first-order valence-corrected chi connectivity index (χ1v) is 8.04. The van der Waals surface area contributed by atoms with Gasteiger partial charge in [0.1, 0.15) is 11.8 Å². The number of aliphatic carboxylic acids is 1. The van der Waals surface area contributed by atoms with E-state index in [1.807, 2.05) is 6.26 Å². The number of benzene rings is 1. The van der Waals surface area contributed by atoms with Crippen LogP contribution < -0.4 is 10.1 Å². The number of methoxy groups -OCH3 is 1.